The van der Waals surface area contributed by atoms with Crippen LogP contribution in [-0.2, 0) is 0 Å². The van der Waals surface area contributed by atoms with Gasteiger partial charge in [-0.25, -0.2) is 0 Å². The quantitative estimate of drug-likeness (QED) is 0.503. The second kappa shape index (κ2) is 5.18. The summed E-state index contributed by atoms with van der Waals surface area (Å²) in [7, 11) is 0. The van der Waals surface area contributed by atoms with Crippen LogP contribution < -0.4 is 0 Å². The third-order valence-corrected chi connectivity index (χ3v) is 4.03. The Morgan fingerprint density at radius 1 is 1.43 bits per heavy atom. The zero-order valence-electron chi connectivity index (χ0n) is 9.48. The van der Waals surface area contributed by atoms with E-state index in [2.05, 4.69) is 25.3 Å². The molecule has 0 unspecified atom stereocenters. The molecule has 0 amide bonds. The van der Waals surface area contributed by atoms with Crippen molar-refractivity contribution in [1.29, 1.82) is 0 Å². The van der Waals surface area contributed by atoms with Gasteiger partial charge in [0.25, 0.3) is 0 Å². The van der Waals surface area contributed by atoms with Crippen LogP contribution in [0.4, 0.5) is 0 Å². The van der Waals surface area contributed by atoms with E-state index < -0.39 is 0 Å². The maximum atomic E-state index is 5.74. The Hall–Kier alpha value is -0.0100. The van der Waals surface area contributed by atoms with Gasteiger partial charge in [0.05, 0.1) is 0 Å². The number of likely N-dealkylation sites (tertiary alicyclic amines) is 1. The van der Waals surface area contributed by atoms with Crippen molar-refractivity contribution in [3.05, 3.63) is 12.2 Å². The summed E-state index contributed by atoms with van der Waals surface area (Å²) in [6.45, 7) is 12.0. The summed E-state index contributed by atoms with van der Waals surface area (Å²) in [5.41, 5.74) is 1.72. The predicted octanol–water partition coefficient (Wildman–Crippen LogP) is 3.29. The lowest BCUT2D eigenvalue weighted by Gasteiger charge is -2.26. The third kappa shape index (κ3) is 2.74. The summed E-state index contributed by atoms with van der Waals surface area (Å²) < 4.78 is 0. The van der Waals surface area contributed by atoms with Gasteiger partial charge in [-0.05, 0) is 36.8 Å². The van der Waals surface area contributed by atoms with Gasteiger partial charge in [0, 0.05) is 19.0 Å². The molecule has 1 aliphatic rings. The Morgan fingerprint density at radius 2 is 2.07 bits per heavy atom. The molecule has 0 radical (unpaired) electrons. The van der Waals surface area contributed by atoms with Crippen LogP contribution in [0.5, 0.6) is 0 Å². The van der Waals surface area contributed by atoms with E-state index in [4.69, 9.17) is 11.6 Å². The largest absolute Gasteiger partial charge is 0.299 e. The molecule has 0 aliphatic carbocycles. The number of hydrogen-bond donors (Lipinski definition) is 0. The number of nitrogens with zero attached hydrogens (tertiary/aromatic N) is 1. The number of halogens is 1. The van der Waals surface area contributed by atoms with Crippen molar-refractivity contribution in [1.82, 2.24) is 4.90 Å². The minimum absolute atomic E-state index is 0.576. The summed E-state index contributed by atoms with van der Waals surface area (Å²) in [5.74, 6) is 0.599. The topological polar surface area (TPSA) is 3.24 Å². The molecule has 82 valence electrons. The normalized spacial score (nSPS) is 21.4. The van der Waals surface area contributed by atoms with Crippen LogP contribution in [0.3, 0.4) is 0 Å². The van der Waals surface area contributed by atoms with Gasteiger partial charge in [0.2, 0.25) is 0 Å². The fourth-order valence-electron chi connectivity index (χ4n) is 2.35. The van der Waals surface area contributed by atoms with Gasteiger partial charge < -0.3 is 0 Å². The van der Waals surface area contributed by atoms with Crippen molar-refractivity contribution in [3.8, 4) is 0 Å². The van der Waals surface area contributed by atoms with Crippen molar-refractivity contribution in [2.75, 3.05) is 25.5 Å². The Morgan fingerprint density at radius 3 is 2.50 bits per heavy atom. The molecular formula is C12H22ClN. The maximum Gasteiger partial charge on any atom is 0.0443 e. The highest BCUT2D eigenvalue weighted by atomic mass is 35.5. The number of alkyl halides is 1. The summed E-state index contributed by atoms with van der Waals surface area (Å²) in [6.07, 6.45) is 3.94. The third-order valence-electron chi connectivity index (χ3n) is 3.65. The molecule has 0 spiro atoms. The van der Waals surface area contributed by atoms with Gasteiger partial charge in [0.15, 0.2) is 0 Å². The van der Waals surface area contributed by atoms with Crippen LogP contribution in [0.1, 0.15) is 33.1 Å². The van der Waals surface area contributed by atoms with Crippen molar-refractivity contribution in [2.45, 2.75) is 33.1 Å². The Kier molecular flexibility index (Phi) is 4.46. The monoisotopic (exact) mass is 215 g/mol. The minimum atomic E-state index is 0.576. The van der Waals surface area contributed by atoms with E-state index in [1.54, 1.807) is 0 Å². The average molecular weight is 216 g/mol. The molecule has 14 heavy (non-hydrogen) atoms. The van der Waals surface area contributed by atoms with Crippen LogP contribution in [0, 0.1) is 5.41 Å². The molecule has 2 heteroatoms. The molecule has 1 saturated heterocycles. The van der Waals surface area contributed by atoms with E-state index in [1.165, 1.54) is 32.4 Å². The first-order valence-corrected chi connectivity index (χ1v) is 6.14. The highest BCUT2D eigenvalue weighted by Crippen LogP contribution is 2.36. The molecule has 0 aromatic rings. The van der Waals surface area contributed by atoms with Gasteiger partial charge in [-0.15, -0.1) is 11.6 Å². The van der Waals surface area contributed by atoms with E-state index in [1.807, 2.05) is 0 Å². The average Bonchev–Trinajstić information content (AvgIpc) is 2.62. The van der Waals surface area contributed by atoms with Gasteiger partial charge in [-0.3, -0.25) is 4.90 Å². The molecule has 1 nitrogen and oxygen atoms in total. The van der Waals surface area contributed by atoms with Crippen LogP contribution in [0.15, 0.2) is 12.2 Å². The van der Waals surface area contributed by atoms with Gasteiger partial charge in [-0.2, -0.15) is 0 Å². The molecule has 0 aromatic heterocycles. The predicted molar refractivity (Wildman–Crippen MR) is 63.9 cm³/mol. The fraction of sp³-hybridized carbons (Fsp3) is 0.833. The van der Waals surface area contributed by atoms with E-state index in [-0.39, 0.29) is 0 Å². The lowest BCUT2D eigenvalue weighted by Crippen LogP contribution is -2.28. The fourth-order valence-corrected chi connectivity index (χ4v) is 2.43. The highest BCUT2D eigenvalue weighted by molar-refractivity contribution is 6.19. The Labute approximate surface area is 93.1 Å². The molecule has 0 saturated carbocycles. The van der Waals surface area contributed by atoms with E-state index >= 15 is 0 Å². The first kappa shape index (κ1) is 12.1. The first-order chi connectivity index (χ1) is 6.65. The lowest BCUT2D eigenvalue weighted by molar-refractivity contribution is 0.249. The molecule has 0 N–H and O–H groups in total. The standard InChI is InChI=1S/C12H22ClN/c1-4-12(5-2)6-7-14(10-12)9-11(3)8-13/h3-10H2,1-2H3. The van der Waals surface area contributed by atoms with Crippen molar-refractivity contribution >= 4 is 11.6 Å². The molecule has 1 fully saturated rings. The van der Waals surface area contributed by atoms with E-state index in [0.29, 0.717) is 11.3 Å². The van der Waals surface area contributed by atoms with Gasteiger partial charge >= 0.3 is 0 Å². The van der Waals surface area contributed by atoms with E-state index in [0.717, 1.165) is 12.1 Å². The van der Waals surface area contributed by atoms with Crippen LogP contribution in [0.25, 0.3) is 0 Å². The van der Waals surface area contributed by atoms with Crippen molar-refractivity contribution in [2.24, 2.45) is 5.41 Å². The first-order valence-electron chi connectivity index (χ1n) is 5.61. The minimum Gasteiger partial charge on any atom is -0.299 e. The zero-order valence-corrected chi connectivity index (χ0v) is 10.2. The van der Waals surface area contributed by atoms with Crippen molar-refractivity contribution in [3.63, 3.8) is 0 Å². The zero-order chi connectivity index (χ0) is 10.6. The second-order valence-electron chi connectivity index (χ2n) is 4.55. The molecule has 0 atom stereocenters. The highest BCUT2D eigenvalue weighted by Gasteiger charge is 2.34. The SMILES string of the molecule is C=C(CCl)CN1CCC(CC)(CC)C1. The number of rotatable bonds is 5. The van der Waals surface area contributed by atoms with Gasteiger partial charge in [0.1, 0.15) is 0 Å². The molecule has 0 bridgehead atoms. The Balaban J connectivity index is 2.44. The maximum absolute atomic E-state index is 5.74. The van der Waals surface area contributed by atoms with Crippen molar-refractivity contribution < 1.29 is 0 Å². The van der Waals surface area contributed by atoms with Gasteiger partial charge in [-0.1, -0.05) is 20.4 Å². The van der Waals surface area contributed by atoms with Crippen LogP contribution >= 0.6 is 11.6 Å². The summed E-state index contributed by atoms with van der Waals surface area (Å²) >= 11 is 5.74. The van der Waals surface area contributed by atoms with Crippen LogP contribution in [0.2, 0.25) is 0 Å². The summed E-state index contributed by atoms with van der Waals surface area (Å²) in [5, 5.41) is 0. The Bertz CT molecular complexity index is 196. The smallest absolute Gasteiger partial charge is 0.0443 e. The summed E-state index contributed by atoms with van der Waals surface area (Å²) in [4.78, 5) is 2.50. The lowest BCUT2D eigenvalue weighted by atomic mass is 9.82. The second-order valence-corrected chi connectivity index (χ2v) is 4.82. The summed E-state index contributed by atoms with van der Waals surface area (Å²) in [6, 6.07) is 0. The van der Waals surface area contributed by atoms with E-state index in [9.17, 15) is 0 Å². The molecule has 0 aromatic carbocycles. The van der Waals surface area contributed by atoms with Crippen LogP contribution in [-0.4, -0.2) is 30.4 Å². The molecule has 1 aliphatic heterocycles. The molecule has 1 rings (SSSR count). The molecular weight excluding hydrogens is 194 g/mol. The number of hydrogen-bond acceptors (Lipinski definition) is 1. The molecule has 1 heterocycles.